The molecule has 2 atom stereocenters. The van der Waals surface area contributed by atoms with E-state index in [0.29, 0.717) is 17.7 Å². The van der Waals surface area contributed by atoms with Crippen LogP contribution in [0.15, 0.2) is 12.3 Å². The van der Waals surface area contributed by atoms with Crippen molar-refractivity contribution in [3.8, 4) is 0 Å². The van der Waals surface area contributed by atoms with Crippen LogP contribution < -0.4 is 0 Å². The number of rotatable bonds is 9. The number of aliphatic hydroxyl groups excluding tert-OH is 1. The average molecular weight is 284 g/mol. The highest BCUT2D eigenvalue weighted by Gasteiger charge is 2.12. The topological polar surface area (TPSA) is 38.0 Å². The normalized spacial score (nSPS) is 14.8. The van der Waals surface area contributed by atoms with E-state index in [1.165, 1.54) is 0 Å². The van der Waals surface area contributed by atoms with E-state index in [9.17, 15) is 5.11 Å². The molecule has 110 valence electrons. The Morgan fingerprint density at radius 3 is 2.53 bits per heavy atom. The molecule has 0 aliphatic carbocycles. The molecule has 0 spiro atoms. The van der Waals surface area contributed by atoms with E-state index < -0.39 is 0 Å². The summed E-state index contributed by atoms with van der Waals surface area (Å²) in [7, 11) is 0. The summed E-state index contributed by atoms with van der Waals surface area (Å²) in [4.78, 5) is 0. The molecule has 0 amide bonds. The summed E-state index contributed by atoms with van der Waals surface area (Å²) in [5, 5.41) is 15.2. The maximum absolute atomic E-state index is 10.0. The Morgan fingerprint density at radius 1 is 1.26 bits per heavy atom. The number of aromatic nitrogens is 2. The largest absolute Gasteiger partial charge is 0.392 e. The van der Waals surface area contributed by atoms with E-state index in [-0.39, 0.29) is 6.10 Å². The van der Waals surface area contributed by atoms with Crippen molar-refractivity contribution in [1.82, 2.24) is 9.78 Å². The molecule has 0 aromatic carbocycles. The molecule has 0 fully saturated rings. The van der Waals surface area contributed by atoms with Gasteiger partial charge in [-0.25, -0.2) is 0 Å². The minimum atomic E-state index is -0.288. The average Bonchev–Trinajstić information content (AvgIpc) is 2.85. The molecule has 0 aliphatic rings. The van der Waals surface area contributed by atoms with Crippen molar-refractivity contribution in [2.24, 2.45) is 0 Å². The third-order valence-electron chi connectivity index (χ3n) is 3.57. The van der Waals surface area contributed by atoms with Gasteiger partial charge in [-0.3, -0.25) is 4.68 Å². The summed E-state index contributed by atoms with van der Waals surface area (Å²) in [5.74, 6) is 0.798. The highest BCUT2D eigenvalue weighted by molar-refractivity contribution is 7.99. The molecule has 1 aromatic rings. The van der Waals surface area contributed by atoms with Gasteiger partial charge in [0.05, 0.1) is 17.8 Å². The highest BCUT2D eigenvalue weighted by Crippen LogP contribution is 2.18. The van der Waals surface area contributed by atoms with Crippen LogP contribution in [0, 0.1) is 0 Å². The molecule has 0 saturated carbocycles. The Bertz CT molecular complexity index is 350. The standard InChI is InChI=1S/C15H28N2OS/c1-5-12(4)19-11-15(18)10-13-8-9-17(16-13)14(6-2)7-3/h8-9,12,14-15,18H,5-7,10-11H2,1-4H3. The quantitative estimate of drug-likeness (QED) is 0.751. The maximum Gasteiger partial charge on any atom is 0.0686 e. The van der Waals surface area contributed by atoms with Gasteiger partial charge in [-0.2, -0.15) is 16.9 Å². The van der Waals surface area contributed by atoms with Gasteiger partial charge in [-0.05, 0) is 25.3 Å². The zero-order valence-corrected chi connectivity index (χ0v) is 13.5. The summed E-state index contributed by atoms with van der Waals surface area (Å²) >= 11 is 1.84. The number of aliphatic hydroxyl groups is 1. The number of nitrogens with zero attached hydrogens (tertiary/aromatic N) is 2. The summed E-state index contributed by atoms with van der Waals surface area (Å²) in [6.45, 7) is 8.76. The van der Waals surface area contributed by atoms with Crippen molar-refractivity contribution in [1.29, 1.82) is 0 Å². The van der Waals surface area contributed by atoms with Crippen molar-refractivity contribution in [2.45, 2.75) is 70.8 Å². The van der Waals surface area contributed by atoms with Crippen LogP contribution in [0.3, 0.4) is 0 Å². The molecule has 0 radical (unpaired) electrons. The second kappa shape index (κ2) is 8.64. The molecule has 19 heavy (non-hydrogen) atoms. The molecule has 1 rings (SSSR count). The Hall–Kier alpha value is -0.480. The van der Waals surface area contributed by atoms with Gasteiger partial charge in [0, 0.05) is 23.6 Å². The Labute approximate surface area is 121 Å². The van der Waals surface area contributed by atoms with Crippen LogP contribution in [0.5, 0.6) is 0 Å². The van der Waals surface area contributed by atoms with Crippen molar-refractivity contribution in [3.63, 3.8) is 0 Å². The van der Waals surface area contributed by atoms with Crippen molar-refractivity contribution < 1.29 is 5.11 Å². The van der Waals surface area contributed by atoms with Gasteiger partial charge in [0.1, 0.15) is 0 Å². The Morgan fingerprint density at radius 2 is 1.95 bits per heavy atom. The van der Waals surface area contributed by atoms with Crippen molar-refractivity contribution in [2.75, 3.05) is 5.75 Å². The predicted octanol–water partition coefficient (Wildman–Crippen LogP) is 3.68. The SMILES string of the molecule is CCC(C)SCC(O)Cc1ccn(C(CC)CC)n1. The van der Waals surface area contributed by atoms with Gasteiger partial charge >= 0.3 is 0 Å². The molecule has 4 heteroatoms. The summed E-state index contributed by atoms with van der Waals surface area (Å²) in [6, 6.07) is 2.52. The van der Waals surface area contributed by atoms with Crippen LogP contribution in [0.4, 0.5) is 0 Å². The van der Waals surface area contributed by atoms with Gasteiger partial charge in [-0.15, -0.1) is 0 Å². The van der Waals surface area contributed by atoms with E-state index in [1.807, 2.05) is 28.7 Å². The summed E-state index contributed by atoms with van der Waals surface area (Å²) in [5.41, 5.74) is 1.00. The van der Waals surface area contributed by atoms with Crippen LogP contribution in [-0.4, -0.2) is 32.0 Å². The number of thioether (sulfide) groups is 1. The Kier molecular flexibility index (Phi) is 7.54. The monoisotopic (exact) mass is 284 g/mol. The number of hydrogen-bond donors (Lipinski definition) is 1. The third-order valence-corrected chi connectivity index (χ3v) is 5.05. The maximum atomic E-state index is 10.0. The first-order chi connectivity index (χ1) is 9.10. The minimum Gasteiger partial charge on any atom is -0.392 e. The lowest BCUT2D eigenvalue weighted by atomic mass is 10.2. The lowest BCUT2D eigenvalue weighted by Crippen LogP contribution is -2.16. The lowest BCUT2D eigenvalue weighted by molar-refractivity contribution is 0.198. The van der Waals surface area contributed by atoms with Gasteiger partial charge < -0.3 is 5.11 Å². The van der Waals surface area contributed by atoms with Crippen LogP contribution >= 0.6 is 11.8 Å². The molecule has 1 aromatic heterocycles. The first kappa shape index (κ1) is 16.6. The van der Waals surface area contributed by atoms with E-state index in [4.69, 9.17) is 0 Å². The predicted molar refractivity (Wildman–Crippen MR) is 83.8 cm³/mol. The molecule has 0 bridgehead atoms. The second-order valence-electron chi connectivity index (χ2n) is 5.17. The van der Waals surface area contributed by atoms with Gasteiger partial charge in [0.2, 0.25) is 0 Å². The minimum absolute atomic E-state index is 0.288. The molecule has 1 heterocycles. The fraction of sp³-hybridized carbons (Fsp3) is 0.800. The molecule has 0 saturated heterocycles. The highest BCUT2D eigenvalue weighted by atomic mass is 32.2. The van der Waals surface area contributed by atoms with Crippen molar-refractivity contribution in [3.05, 3.63) is 18.0 Å². The summed E-state index contributed by atoms with van der Waals surface area (Å²) < 4.78 is 2.05. The molecule has 1 N–H and O–H groups in total. The number of hydrogen-bond acceptors (Lipinski definition) is 3. The van der Waals surface area contributed by atoms with Gasteiger partial charge in [0.25, 0.3) is 0 Å². The molecular formula is C15H28N2OS. The van der Waals surface area contributed by atoms with Crippen LogP contribution in [0.25, 0.3) is 0 Å². The van der Waals surface area contributed by atoms with Crippen molar-refractivity contribution >= 4 is 11.8 Å². The van der Waals surface area contributed by atoms with Crippen LogP contribution in [-0.2, 0) is 6.42 Å². The van der Waals surface area contributed by atoms with Gasteiger partial charge in [0.15, 0.2) is 0 Å². The summed E-state index contributed by atoms with van der Waals surface area (Å²) in [6.07, 6.45) is 5.77. The zero-order valence-electron chi connectivity index (χ0n) is 12.7. The van der Waals surface area contributed by atoms with E-state index in [2.05, 4.69) is 32.8 Å². The second-order valence-corrected chi connectivity index (χ2v) is 6.64. The fourth-order valence-corrected chi connectivity index (χ4v) is 2.95. The van der Waals surface area contributed by atoms with Crippen LogP contribution in [0.1, 0.15) is 58.7 Å². The zero-order chi connectivity index (χ0) is 14.3. The fourth-order valence-electron chi connectivity index (χ4n) is 2.05. The first-order valence-electron chi connectivity index (χ1n) is 7.44. The molecule has 0 aliphatic heterocycles. The van der Waals surface area contributed by atoms with E-state index in [1.54, 1.807) is 0 Å². The third kappa shape index (κ3) is 5.57. The molecule has 2 unspecified atom stereocenters. The first-order valence-corrected chi connectivity index (χ1v) is 8.49. The van der Waals surface area contributed by atoms with E-state index in [0.717, 1.165) is 30.7 Å². The molecule has 3 nitrogen and oxygen atoms in total. The Balaban J connectivity index is 2.44. The van der Waals surface area contributed by atoms with Gasteiger partial charge in [-0.1, -0.05) is 27.7 Å². The smallest absolute Gasteiger partial charge is 0.0686 e. The van der Waals surface area contributed by atoms with E-state index >= 15 is 0 Å². The lowest BCUT2D eigenvalue weighted by Gasteiger charge is -2.14. The van der Waals surface area contributed by atoms with Crippen LogP contribution in [0.2, 0.25) is 0 Å². The molecular weight excluding hydrogens is 256 g/mol.